The molecule has 0 radical (unpaired) electrons. The molecule has 37 heavy (non-hydrogen) atoms. The molecule has 188 valence electrons. The van der Waals surface area contributed by atoms with E-state index in [0.29, 0.717) is 22.1 Å². The van der Waals surface area contributed by atoms with Gasteiger partial charge in [0.15, 0.2) is 5.13 Å². The van der Waals surface area contributed by atoms with Gasteiger partial charge in [0.05, 0.1) is 27.9 Å². The van der Waals surface area contributed by atoms with Crippen molar-refractivity contribution in [3.8, 4) is 0 Å². The Labute approximate surface area is 219 Å². The number of nitrogens with one attached hydrogen (secondary N) is 1. The van der Waals surface area contributed by atoms with Crippen LogP contribution in [0.5, 0.6) is 0 Å². The van der Waals surface area contributed by atoms with Crippen LogP contribution in [-0.2, 0) is 16.6 Å². The summed E-state index contributed by atoms with van der Waals surface area (Å²) in [6.07, 6.45) is 1.57. The van der Waals surface area contributed by atoms with Crippen LogP contribution in [0.1, 0.15) is 32.8 Å². The first-order valence-electron chi connectivity index (χ1n) is 11.6. The fourth-order valence-electron chi connectivity index (χ4n) is 4.03. The van der Waals surface area contributed by atoms with Gasteiger partial charge < -0.3 is 4.42 Å². The van der Waals surface area contributed by atoms with Gasteiger partial charge >= 0.3 is 0 Å². The molecule has 0 spiro atoms. The third-order valence-electron chi connectivity index (χ3n) is 5.89. The number of carbonyl (C=O) groups excluding carboxylic acids is 1. The second-order valence-corrected chi connectivity index (χ2v) is 11.6. The molecular formula is C28H25N3O4S2. The normalized spacial score (nSPS) is 11.5. The van der Waals surface area contributed by atoms with Crippen LogP contribution in [0, 0.1) is 20.8 Å². The van der Waals surface area contributed by atoms with Crippen LogP contribution >= 0.6 is 11.3 Å². The lowest BCUT2D eigenvalue weighted by Crippen LogP contribution is -2.30. The first-order chi connectivity index (χ1) is 17.7. The molecule has 0 aliphatic carbocycles. The van der Waals surface area contributed by atoms with E-state index < -0.39 is 10.0 Å². The molecule has 1 amide bonds. The minimum atomic E-state index is -3.75. The van der Waals surface area contributed by atoms with Gasteiger partial charge in [-0.05, 0) is 86.5 Å². The molecule has 0 aliphatic heterocycles. The van der Waals surface area contributed by atoms with Crippen molar-refractivity contribution >= 4 is 48.3 Å². The molecule has 0 aliphatic rings. The zero-order valence-corrected chi connectivity index (χ0v) is 22.2. The molecule has 0 saturated heterocycles. The third kappa shape index (κ3) is 5.28. The Balaban J connectivity index is 1.43. The van der Waals surface area contributed by atoms with Crippen LogP contribution in [0.15, 0.2) is 88.4 Å². The maximum Gasteiger partial charge on any atom is 0.261 e. The molecule has 3 aromatic carbocycles. The molecule has 0 fully saturated rings. The van der Waals surface area contributed by atoms with Gasteiger partial charge in [0.2, 0.25) is 0 Å². The van der Waals surface area contributed by atoms with Crippen LogP contribution < -0.4 is 9.62 Å². The number of hydrogen-bond donors (Lipinski definition) is 1. The van der Waals surface area contributed by atoms with Crippen molar-refractivity contribution in [3.05, 3.63) is 107 Å². The molecule has 0 saturated carbocycles. The van der Waals surface area contributed by atoms with E-state index in [0.717, 1.165) is 26.9 Å². The van der Waals surface area contributed by atoms with E-state index >= 15 is 0 Å². The fraction of sp³-hybridized carbons (Fsp3) is 0.143. The first kappa shape index (κ1) is 24.7. The highest BCUT2D eigenvalue weighted by Gasteiger charge is 2.24. The standard InChI is InChI=1S/C28H25N3O4S2/c1-18-6-12-24(13-7-18)37(33,34)30-22-10-8-21(9-11-22)27(32)31(17-23-5-4-14-35-23)28-29-25-16-19(2)15-20(3)26(25)36-28/h4-16,30H,17H2,1-3H3. The van der Waals surface area contributed by atoms with E-state index in [2.05, 4.69) is 10.8 Å². The molecule has 5 rings (SSSR count). The molecule has 7 nitrogen and oxygen atoms in total. The SMILES string of the molecule is Cc1ccc(S(=O)(=O)Nc2ccc(C(=O)N(Cc3ccco3)c3nc4cc(C)cc(C)c4s3)cc2)cc1. The maximum absolute atomic E-state index is 13.7. The van der Waals surface area contributed by atoms with Gasteiger partial charge in [-0.2, -0.15) is 0 Å². The smallest absolute Gasteiger partial charge is 0.261 e. The van der Waals surface area contributed by atoms with Crippen LogP contribution in [0.3, 0.4) is 0 Å². The number of hydrogen-bond acceptors (Lipinski definition) is 6. The summed E-state index contributed by atoms with van der Waals surface area (Å²) in [4.78, 5) is 20.2. The number of rotatable bonds is 7. The maximum atomic E-state index is 13.7. The van der Waals surface area contributed by atoms with Crippen molar-refractivity contribution in [1.29, 1.82) is 0 Å². The third-order valence-corrected chi connectivity index (χ3v) is 8.52. The number of fused-ring (bicyclic) bond motifs is 1. The number of furan rings is 1. The summed E-state index contributed by atoms with van der Waals surface area (Å²) in [7, 11) is -3.75. The zero-order chi connectivity index (χ0) is 26.2. The van der Waals surface area contributed by atoms with Crippen molar-refractivity contribution in [2.75, 3.05) is 9.62 Å². The van der Waals surface area contributed by atoms with Crippen molar-refractivity contribution in [2.45, 2.75) is 32.2 Å². The highest BCUT2D eigenvalue weighted by atomic mass is 32.2. The highest BCUT2D eigenvalue weighted by Crippen LogP contribution is 2.34. The quantitative estimate of drug-likeness (QED) is 0.260. The summed E-state index contributed by atoms with van der Waals surface area (Å²) >= 11 is 1.46. The molecular weight excluding hydrogens is 506 g/mol. The number of benzene rings is 3. The van der Waals surface area contributed by atoms with E-state index in [1.54, 1.807) is 65.8 Å². The van der Waals surface area contributed by atoms with Gasteiger partial charge in [0, 0.05) is 11.3 Å². The Bertz CT molecular complexity index is 1670. The lowest BCUT2D eigenvalue weighted by atomic mass is 10.1. The predicted molar refractivity (Wildman–Crippen MR) is 147 cm³/mol. The first-order valence-corrected chi connectivity index (χ1v) is 13.9. The van der Waals surface area contributed by atoms with Crippen molar-refractivity contribution in [2.24, 2.45) is 0 Å². The molecule has 2 heterocycles. The van der Waals surface area contributed by atoms with E-state index in [-0.39, 0.29) is 17.3 Å². The van der Waals surface area contributed by atoms with Crippen LogP contribution in [0.4, 0.5) is 10.8 Å². The van der Waals surface area contributed by atoms with Crippen molar-refractivity contribution < 1.29 is 17.6 Å². The summed E-state index contributed by atoms with van der Waals surface area (Å²) in [5.74, 6) is 0.362. The summed E-state index contributed by atoms with van der Waals surface area (Å²) in [5.41, 5.74) is 4.79. The second-order valence-electron chi connectivity index (χ2n) is 8.89. The number of amides is 1. The summed E-state index contributed by atoms with van der Waals surface area (Å²) in [5, 5.41) is 0.564. The molecule has 0 bridgehead atoms. The van der Waals surface area contributed by atoms with Crippen LogP contribution in [0.2, 0.25) is 0 Å². The van der Waals surface area contributed by atoms with Gasteiger partial charge in [0.1, 0.15) is 5.76 Å². The highest BCUT2D eigenvalue weighted by molar-refractivity contribution is 7.92. The molecule has 0 unspecified atom stereocenters. The number of sulfonamides is 1. The summed E-state index contributed by atoms with van der Waals surface area (Å²) < 4.78 is 34.6. The average Bonchev–Trinajstić information content (AvgIpc) is 3.53. The lowest BCUT2D eigenvalue weighted by molar-refractivity contribution is 0.0983. The van der Waals surface area contributed by atoms with E-state index in [4.69, 9.17) is 9.40 Å². The number of carbonyl (C=O) groups is 1. The van der Waals surface area contributed by atoms with E-state index in [1.807, 2.05) is 32.9 Å². The largest absolute Gasteiger partial charge is 0.467 e. The minimum Gasteiger partial charge on any atom is -0.467 e. The Morgan fingerprint density at radius 2 is 1.70 bits per heavy atom. The molecule has 1 N–H and O–H groups in total. The number of anilines is 2. The number of thiazole rings is 1. The molecule has 5 aromatic rings. The number of nitrogens with zero attached hydrogens (tertiary/aromatic N) is 2. The Morgan fingerprint density at radius 3 is 2.38 bits per heavy atom. The average molecular weight is 532 g/mol. The zero-order valence-electron chi connectivity index (χ0n) is 20.6. The topological polar surface area (TPSA) is 92.5 Å². The van der Waals surface area contributed by atoms with Gasteiger partial charge in [-0.1, -0.05) is 35.1 Å². The van der Waals surface area contributed by atoms with Gasteiger partial charge in [-0.3, -0.25) is 14.4 Å². The molecule has 0 atom stereocenters. The summed E-state index contributed by atoms with van der Waals surface area (Å²) in [6.45, 7) is 6.16. The lowest BCUT2D eigenvalue weighted by Gasteiger charge is -2.19. The Hall–Kier alpha value is -3.95. The molecule has 9 heteroatoms. The van der Waals surface area contributed by atoms with Gasteiger partial charge in [-0.15, -0.1) is 0 Å². The van der Waals surface area contributed by atoms with Gasteiger partial charge in [0.25, 0.3) is 15.9 Å². The van der Waals surface area contributed by atoms with E-state index in [1.165, 1.54) is 11.3 Å². The monoisotopic (exact) mass is 531 g/mol. The fourth-order valence-corrected chi connectivity index (χ4v) is 6.11. The number of aryl methyl sites for hydroxylation is 3. The van der Waals surface area contributed by atoms with Gasteiger partial charge in [-0.25, -0.2) is 13.4 Å². The van der Waals surface area contributed by atoms with Crippen LogP contribution in [-0.4, -0.2) is 19.3 Å². The van der Waals surface area contributed by atoms with Crippen LogP contribution in [0.25, 0.3) is 10.2 Å². The van der Waals surface area contributed by atoms with Crippen molar-refractivity contribution in [3.63, 3.8) is 0 Å². The van der Waals surface area contributed by atoms with E-state index in [9.17, 15) is 13.2 Å². The second kappa shape index (κ2) is 9.84. The molecule has 2 aromatic heterocycles. The Morgan fingerprint density at radius 1 is 0.973 bits per heavy atom. The Kier molecular flexibility index (Phi) is 6.57. The minimum absolute atomic E-state index is 0.171. The number of aromatic nitrogens is 1. The summed E-state index contributed by atoms with van der Waals surface area (Å²) in [6, 6.07) is 20.7. The predicted octanol–water partition coefficient (Wildman–Crippen LogP) is 6.46. The van der Waals surface area contributed by atoms with Crippen molar-refractivity contribution in [1.82, 2.24) is 4.98 Å².